The first-order chi connectivity index (χ1) is 13.7. The van der Waals surface area contributed by atoms with Crippen LogP contribution < -0.4 is 10.1 Å². The molecule has 1 amide bonds. The van der Waals surface area contributed by atoms with E-state index in [4.69, 9.17) is 9.47 Å². The Hall–Kier alpha value is -3.61. The predicted octanol–water partition coefficient (Wildman–Crippen LogP) is 3.13. The Labute approximate surface area is 162 Å². The third-order valence-electron chi connectivity index (χ3n) is 3.89. The summed E-state index contributed by atoms with van der Waals surface area (Å²) < 4.78 is 12.3. The number of hydrogen-bond donors (Lipinski definition) is 1. The van der Waals surface area contributed by atoms with Crippen LogP contribution in [0.4, 0.5) is 5.69 Å². The number of benzene rings is 2. The van der Waals surface area contributed by atoms with Gasteiger partial charge in [-0.1, -0.05) is 24.3 Å². The second kappa shape index (κ2) is 9.36. The van der Waals surface area contributed by atoms with Crippen LogP contribution in [0.15, 0.2) is 67.0 Å². The lowest BCUT2D eigenvalue weighted by molar-refractivity contribution is -0.119. The molecule has 1 heterocycles. The van der Waals surface area contributed by atoms with E-state index in [2.05, 4.69) is 10.4 Å². The molecule has 0 unspecified atom stereocenters. The van der Waals surface area contributed by atoms with E-state index in [1.165, 1.54) is 0 Å². The fraction of sp³-hybridized carbons (Fsp3) is 0.190. The summed E-state index contributed by atoms with van der Waals surface area (Å²) in [5.41, 5.74) is 1.92. The summed E-state index contributed by atoms with van der Waals surface area (Å²) in [7, 11) is 0. The van der Waals surface area contributed by atoms with Gasteiger partial charge in [-0.2, -0.15) is 5.10 Å². The minimum absolute atomic E-state index is 0.381. The number of aromatic nitrogens is 2. The summed E-state index contributed by atoms with van der Waals surface area (Å²) in [6.45, 7) is 2.58. The molecular weight excluding hydrogens is 358 g/mol. The highest BCUT2D eigenvalue weighted by atomic mass is 16.5. The average Bonchev–Trinajstić information content (AvgIpc) is 3.21. The molecule has 0 bridgehead atoms. The van der Waals surface area contributed by atoms with Crippen molar-refractivity contribution >= 4 is 17.6 Å². The lowest BCUT2D eigenvalue weighted by Gasteiger charge is -2.11. The first-order valence-corrected chi connectivity index (χ1v) is 8.91. The van der Waals surface area contributed by atoms with Gasteiger partial charge in [0.25, 0.3) is 5.91 Å². The van der Waals surface area contributed by atoms with Gasteiger partial charge in [0.1, 0.15) is 5.75 Å². The molecule has 0 aliphatic rings. The second-order valence-corrected chi connectivity index (χ2v) is 5.95. The van der Waals surface area contributed by atoms with Crippen molar-refractivity contribution in [1.29, 1.82) is 0 Å². The van der Waals surface area contributed by atoms with Gasteiger partial charge >= 0.3 is 5.97 Å². The van der Waals surface area contributed by atoms with Crippen LogP contribution in [0.25, 0.3) is 0 Å². The SMILES string of the molecule is CCOc1ccccc1NC(=O)COC(=O)c1ccc(Cn2cccn2)cc1. The third-order valence-corrected chi connectivity index (χ3v) is 3.89. The van der Waals surface area contributed by atoms with Gasteiger partial charge in [-0.15, -0.1) is 0 Å². The van der Waals surface area contributed by atoms with Gasteiger partial charge in [0.05, 0.1) is 24.4 Å². The van der Waals surface area contributed by atoms with Crippen molar-refractivity contribution in [3.8, 4) is 5.75 Å². The number of para-hydroxylation sites is 2. The van der Waals surface area contributed by atoms with Gasteiger partial charge in [-0.05, 0) is 42.8 Å². The van der Waals surface area contributed by atoms with Crippen molar-refractivity contribution in [2.75, 3.05) is 18.5 Å². The van der Waals surface area contributed by atoms with E-state index in [0.29, 0.717) is 30.2 Å². The molecule has 1 aromatic heterocycles. The average molecular weight is 379 g/mol. The van der Waals surface area contributed by atoms with Crippen LogP contribution in [-0.4, -0.2) is 34.9 Å². The Morgan fingerprint density at radius 2 is 1.86 bits per heavy atom. The summed E-state index contributed by atoms with van der Waals surface area (Å²) in [5.74, 6) is -0.424. The zero-order valence-electron chi connectivity index (χ0n) is 15.5. The quantitative estimate of drug-likeness (QED) is 0.608. The Morgan fingerprint density at radius 3 is 2.57 bits per heavy atom. The summed E-state index contributed by atoms with van der Waals surface area (Å²) in [6.07, 6.45) is 3.58. The molecule has 7 heteroatoms. The van der Waals surface area contributed by atoms with Gasteiger partial charge in [0.15, 0.2) is 6.61 Å². The number of hydrogen-bond acceptors (Lipinski definition) is 5. The third kappa shape index (κ3) is 5.20. The first-order valence-electron chi connectivity index (χ1n) is 8.91. The highest BCUT2D eigenvalue weighted by Gasteiger charge is 2.12. The molecule has 3 aromatic rings. The second-order valence-electron chi connectivity index (χ2n) is 5.95. The van der Waals surface area contributed by atoms with Gasteiger partial charge < -0.3 is 14.8 Å². The maximum Gasteiger partial charge on any atom is 0.338 e. The van der Waals surface area contributed by atoms with Crippen molar-refractivity contribution in [3.63, 3.8) is 0 Å². The molecule has 0 saturated carbocycles. The molecule has 1 N–H and O–H groups in total. The van der Waals surface area contributed by atoms with E-state index in [9.17, 15) is 9.59 Å². The number of ether oxygens (including phenoxy) is 2. The van der Waals surface area contributed by atoms with Crippen molar-refractivity contribution < 1.29 is 19.1 Å². The van der Waals surface area contributed by atoms with Gasteiger partial charge in [-0.25, -0.2) is 4.79 Å². The molecule has 0 spiro atoms. The van der Waals surface area contributed by atoms with E-state index in [-0.39, 0.29) is 6.61 Å². The van der Waals surface area contributed by atoms with E-state index in [1.54, 1.807) is 41.2 Å². The zero-order valence-corrected chi connectivity index (χ0v) is 15.5. The lowest BCUT2D eigenvalue weighted by atomic mass is 10.1. The largest absolute Gasteiger partial charge is 0.492 e. The molecule has 0 radical (unpaired) electrons. The van der Waals surface area contributed by atoms with E-state index in [0.717, 1.165) is 5.56 Å². The molecular formula is C21H21N3O4. The zero-order chi connectivity index (χ0) is 19.8. The molecule has 0 aliphatic carbocycles. The molecule has 0 fully saturated rings. The number of carbonyl (C=O) groups is 2. The van der Waals surface area contributed by atoms with Crippen LogP contribution in [0.1, 0.15) is 22.8 Å². The maximum absolute atomic E-state index is 12.2. The Kier molecular flexibility index (Phi) is 6.41. The van der Waals surface area contributed by atoms with E-state index in [1.807, 2.05) is 37.4 Å². The molecule has 0 saturated heterocycles. The number of anilines is 1. The van der Waals surface area contributed by atoms with Gasteiger partial charge in [0, 0.05) is 12.4 Å². The molecule has 0 aliphatic heterocycles. The van der Waals surface area contributed by atoms with Crippen molar-refractivity contribution in [2.45, 2.75) is 13.5 Å². The fourth-order valence-electron chi connectivity index (χ4n) is 2.58. The lowest BCUT2D eigenvalue weighted by Crippen LogP contribution is -2.21. The number of amides is 1. The van der Waals surface area contributed by atoms with Crippen LogP contribution in [0.3, 0.4) is 0 Å². The molecule has 3 rings (SSSR count). The smallest absolute Gasteiger partial charge is 0.338 e. The van der Waals surface area contributed by atoms with Crippen LogP contribution >= 0.6 is 0 Å². The fourth-order valence-corrected chi connectivity index (χ4v) is 2.58. The van der Waals surface area contributed by atoms with E-state index >= 15 is 0 Å². The summed E-state index contributed by atoms with van der Waals surface area (Å²) >= 11 is 0. The normalized spacial score (nSPS) is 10.3. The molecule has 0 atom stereocenters. The van der Waals surface area contributed by atoms with Crippen molar-refractivity contribution in [3.05, 3.63) is 78.1 Å². The molecule has 144 valence electrons. The number of esters is 1. The number of nitrogens with zero attached hydrogens (tertiary/aromatic N) is 2. The van der Waals surface area contributed by atoms with Crippen LogP contribution in [-0.2, 0) is 16.1 Å². The standard InChI is InChI=1S/C21H21N3O4/c1-2-27-19-7-4-3-6-18(19)23-20(25)15-28-21(26)17-10-8-16(9-11-17)14-24-13-5-12-22-24/h3-13H,2,14-15H2,1H3,(H,23,25). The van der Waals surface area contributed by atoms with Crippen LogP contribution in [0.5, 0.6) is 5.75 Å². The van der Waals surface area contributed by atoms with Crippen LogP contribution in [0, 0.1) is 0 Å². The maximum atomic E-state index is 12.2. The van der Waals surface area contributed by atoms with Crippen LogP contribution in [0.2, 0.25) is 0 Å². The topological polar surface area (TPSA) is 82.5 Å². The highest BCUT2D eigenvalue weighted by molar-refractivity contribution is 5.96. The Bertz CT molecular complexity index is 921. The Morgan fingerprint density at radius 1 is 1.07 bits per heavy atom. The van der Waals surface area contributed by atoms with E-state index < -0.39 is 11.9 Å². The van der Waals surface area contributed by atoms with Crippen molar-refractivity contribution in [2.24, 2.45) is 0 Å². The Balaban J connectivity index is 1.51. The highest BCUT2D eigenvalue weighted by Crippen LogP contribution is 2.23. The molecule has 28 heavy (non-hydrogen) atoms. The molecule has 2 aromatic carbocycles. The summed E-state index contributed by atoms with van der Waals surface area (Å²) in [5, 5.41) is 6.83. The van der Waals surface area contributed by atoms with Gasteiger partial charge in [0.2, 0.25) is 0 Å². The number of carbonyl (C=O) groups excluding carboxylic acids is 2. The summed E-state index contributed by atoms with van der Waals surface area (Å²) in [6, 6.07) is 15.9. The number of rotatable bonds is 8. The molecule has 7 nitrogen and oxygen atoms in total. The van der Waals surface area contributed by atoms with Gasteiger partial charge in [-0.3, -0.25) is 9.48 Å². The monoisotopic (exact) mass is 379 g/mol. The number of nitrogens with one attached hydrogen (secondary N) is 1. The minimum Gasteiger partial charge on any atom is -0.492 e. The first kappa shape index (κ1) is 19.2. The minimum atomic E-state index is -0.557. The van der Waals surface area contributed by atoms with Crippen molar-refractivity contribution in [1.82, 2.24) is 9.78 Å². The predicted molar refractivity (Wildman–Crippen MR) is 104 cm³/mol. The summed E-state index contributed by atoms with van der Waals surface area (Å²) in [4.78, 5) is 24.2.